The van der Waals surface area contributed by atoms with Crippen LogP contribution in [0.2, 0.25) is 0 Å². The number of hydrogen-bond donors (Lipinski definition) is 1. The molecule has 0 aliphatic rings. The number of anilines is 1. The van der Waals surface area contributed by atoms with Crippen LogP contribution in [0.15, 0.2) is 64.6 Å². The molecule has 0 fully saturated rings. The Hall–Kier alpha value is -3.53. The number of fused-ring (bicyclic) bond motifs is 1. The number of carbonyl (C=O) groups is 1. The number of nitrogens with zero attached hydrogens (tertiary/aromatic N) is 6. The summed E-state index contributed by atoms with van der Waals surface area (Å²) < 4.78 is 1.96. The van der Waals surface area contributed by atoms with Crippen LogP contribution in [0.4, 0.5) is 5.69 Å². The average molecular weight is 438 g/mol. The van der Waals surface area contributed by atoms with Crippen molar-refractivity contribution >= 4 is 38.6 Å². The second-order valence-electron chi connectivity index (χ2n) is 5.73. The van der Waals surface area contributed by atoms with Crippen LogP contribution in [0.1, 0.15) is 0 Å². The first kappa shape index (κ1) is 17.9. The maximum Gasteiger partial charge on any atom is 0.264 e. The number of para-hydroxylation sites is 1. The Labute approximate surface area is 166 Å². The lowest BCUT2D eigenvalue weighted by Crippen LogP contribution is -2.28. The largest absolute Gasteiger partial charge is 0.324 e. The van der Waals surface area contributed by atoms with Crippen molar-refractivity contribution in [1.82, 2.24) is 29.5 Å². The van der Waals surface area contributed by atoms with Crippen LogP contribution >= 0.6 is 15.9 Å². The van der Waals surface area contributed by atoms with Gasteiger partial charge in [-0.3, -0.25) is 19.1 Å². The Morgan fingerprint density at radius 3 is 2.75 bits per heavy atom. The quantitative estimate of drug-likeness (QED) is 0.519. The summed E-state index contributed by atoms with van der Waals surface area (Å²) in [7, 11) is 0. The molecule has 1 aromatic carbocycles. The third-order valence-corrected chi connectivity index (χ3v) is 4.52. The summed E-state index contributed by atoms with van der Waals surface area (Å²) in [5.41, 5.74) is 0.913. The van der Waals surface area contributed by atoms with E-state index in [0.29, 0.717) is 17.2 Å². The van der Waals surface area contributed by atoms with Crippen molar-refractivity contribution in [2.45, 2.75) is 6.54 Å². The van der Waals surface area contributed by atoms with Gasteiger partial charge in [0.1, 0.15) is 24.0 Å². The van der Waals surface area contributed by atoms with E-state index in [-0.39, 0.29) is 23.5 Å². The standard InChI is InChI=1S/C18H12BrN7O2/c19-12-3-1-2-4-13(12)24-15(27)9-26-10-23-16-11(18(26)28)7-22-17(25-16)14-8-20-5-6-21-14/h1-8,10H,9H2,(H,24,27). The molecule has 0 saturated heterocycles. The molecule has 3 aromatic heterocycles. The smallest absolute Gasteiger partial charge is 0.264 e. The molecular formula is C18H12BrN7O2. The Morgan fingerprint density at radius 2 is 1.96 bits per heavy atom. The molecule has 9 nitrogen and oxygen atoms in total. The van der Waals surface area contributed by atoms with E-state index in [1.165, 1.54) is 29.5 Å². The van der Waals surface area contributed by atoms with Crippen molar-refractivity contribution in [2.75, 3.05) is 5.32 Å². The predicted molar refractivity (Wildman–Crippen MR) is 105 cm³/mol. The van der Waals surface area contributed by atoms with Gasteiger partial charge in [0.15, 0.2) is 11.5 Å². The second kappa shape index (κ2) is 7.61. The maximum absolute atomic E-state index is 12.7. The van der Waals surface area contributed by atoms with Crippen LogP contribution in [-0.2, 0) is 11.3 Å². The first-order valence-electron chi connectivity index (χ1n) is 8.15. The fourth-order valence-electron chi connectivity index (χ4n) is 2.51. The van der Waals surface area contributed by atoms with E-state index in [1.807, 2.05) is 12.1 Å². The molecule has 4 rings (SSSR count). The topological polar surface area (TPSA) is 116 Å². The van der Waals surface area contributed by atoms with Gasteiger partial charge in [-0.1, -0.05) is 12.1 Å². The Morgan fingerprint density at radius 1 is 1.11 bits per heavy atom. The number of halogens is 1. The van der Waals surface area contributed by atoms with Gasteiger partial charge in [0.2, 0.25) is 5.91 Å². The van der Waals surface area contributed by atoms with Crippen LogP contribution in [0.5, 0.6) is 0 Å². The van der Waals surface area contributed by atoms with Crippen molar-refractivity contribution in [3.63, 3.8) is 0 Å². The molecule has 0 atom stereocenters. The second-order valence-corrected chi connectivity index (χ2v) is 6.58. The molecule has 1 amide bonds. The molecule has 0 aliphatic heterocycles. The van der Waals surface area contributed by atoms with Gasteiger partial charge < -0.3 is 5.32 Å². The lowest BCUT2D eigenvalue weighted by molar-refractivity contribution is -0.116. The summed E-state index contributed by atoms with van der Waals surface area (Å²) in [5, 5.41) is 2.96. The minimum absolute atomic E-state index is 0.185. The van der Waals surface area contributed by atoms with Crippen molar-refractivity contribution in [3.8, 4) is 11.5 Å². The fourth-order valence-corrected chi connectivity index (χ4v) is 2.90. The Balaban J connectivity index is 1.60. The zero-order valence-electron chi connectivity index (χ0n) is 14.3. The first-order valence-corrected chi connectivity index (χ1v) is 8.94. The zero-order chi connectivity index (χ0) is 19.5. The highest BCUT2D eigenvalue weighted by Crippen LogP contribution is 2.21. The van der Waals surface area contributed by atoms with Gasteiger partial charge in [-0.05, 0) is 28.1 Å². The number of aromatic nitrogens is 6. The molecule has 1 N–H and O–H groups in total. The number of nitrogens with one attached hydrogen (secondary N) is 1. The summed E-state index contributed by atoms with van der Waals surface area (Å²) in [6.45, 7) is -0.185. The van der Waals surface area contributed by atoms with Crippen molar-refractivity contribution in [3.05, 3.63) is 70.2 Å². The number of hydrogen-bond acceptors (Lipinski definition) is 7. The molecule has 28 heavy (non-hydrogen) atoms. The molecule has 0 bridgehead atoms. The molecule has 0 radical (unpaired) electrons. The summed E-state index contributed by atoms with van der Waals surface area (Å²) in [5.74, 6) is -0.0378. The molecule has 0 aliphatic carbocycles. The van der Waals surface area contributed by atoms with Crippen molar-refractivity contribution in [1.29, 1.82) is 0 Å². The lowest BCUT2D eigenvalue weighted by Gasteiger charge is -2.09. The molecule has 3 heterocycles. The third kappa shape index (κ3) is 3.62. The minimum Gasteiger partial charge on any atom is -0.324 e. The SMILES string of the molecule is O=C(Cn1cnc2nc(-c3cnccn3)ncc2c1=O)Nc1ccccc1Br. The van der Waals surface area contributed by atoms with Gasteiger partial charge in [0, 0.05) is 23.1 Å². The number of rotatable bonds is 4. The van der Waals surface area contributed by atoms with E-state index >= 15 is 0 Å². The molecule has 10 heteroatoms. The zero-order valence-corrected chi connectivity index (χ0v) is 15.9. The van der Waals surface area contributed by atoms with E-state index < -0.39 is 5.56 Å². The van der Waals surface area contributed by atoms with Crippen LogP contribution in [0, 0.1) is 0 Å². The van der Waals surface area contributed by atoms with Crippen LogP contribution in [0.3, 0.4) is 0 Å². The summed E-state index contributed by atoms with van der Waals surface area (Å²) in [4.78, 5) is 45.7. The van der Waals surface area contributed by atoms with Gasteiger partial charge in [-0.15, -0.1) is 0 Å². The van der Waals surface area contributed by atoms with Crippen molar-refractivity contribution < 1.29 is 4.79 Å². The average Bonchev–Trinajstić information content (AvgIpc) is 2.72. The highest BCUT2D eigenvalue weighted by molar-refractivity contribution is 9.10. The molecular weight excluding hydrogens is 426 g/mol. The van der Waals surface area contributed by atoms with E-state index in [9.17, 15) is 9.59 Å². The molecule has 0 spiro atoms. The van der Waals surface area contributed by atoms with Crippen LogP contribution in [-0.4, -0.2) is 35.4 Å². The van der Waals surface area contributed by atoms with Gasteiger partial charge in [-0.2, -0.15) is 0 Å². The Bertz CT molecular complexity index is 1230. The third-order valence-electron chi connectivity index (χ3n) is 3.83. The minimum atomic E-state index is -0.405. The van der Waals surface area contributed by atoms with Gasteiger partial charge in [-0.25, -0.2) is 19.9 Å². The summed E-state index contributed by atoms with van der Waals surface area (Å²) in [6, 6.07) is 7.21. The number of amides is 1. The van der Waals surface area contributed by atoms with Crippen LogP contribution < -0.4 is 10.9 Å². The molecule has 0 saturated carbocycles. The van der Waals surface area contributed by atoms with Gasteiger partial charge in [0.25, 0.3) is 5.56 Å². The lowest BCUT2D eigenvalue weighted by atomic mass is 10.3. The number of carbonyl (C=O) groups excluding carboxylic acids is 1. The molecule has 4 aromatic rings. The van der Waals surface area contributed by atoms with Gasteiger partial charge >= 0.3 is 0 Å². The van der Waals surface area contributed by atoms with E-state index in [1.54, 1.807) is 18.3 Å². The highest BCUT2D eigenvalue weighted by atomic mass is 79.9. The van der Waals surface area contributed by atoms with E-state index in [0.717, 1.165) is 4.47 Å². The maximum atomic E-state index is 12.7. The monoisotopic (exact) mass is 437 g/mol. The first-order chi connectivity index (χ1) is 13.6. The fraction of sp³-hybridized carbons (Fsp3) is 0.0556. The Kier molecular flexibility index (Phi) is 4.85. The predicted octanol–water partition coefficient (Wildman–Crippen LogP) is 2.04. The van der Waals surface area contributed by atoms with Crippen LogP contribution in [0.25, 0.3) is 22.6 Å². The van der Waals surface area contributed by atoms with E-state index in [4.69, 9.17) is 0 Å². The van der Waals surface area contributed by atoms with Crippen molar-refractivity contribution in [2.24, 2.45) is 0 Å². The highest BCUT2D eigenvalue weighted by Gasteiger charge is 2.12. The number of benzene rings is 1. The summed E-state index contributed by atoms with van der Waals surface area (Å²) in [6.07, 6.45) is 7.26. The molecule has 138 valence electrons. The van der Waals surface area contributed by atoms with E-state index in [2.05, 4.69) is 46.2 Å². The summed E-state index contributed by atoms with van der Waals surface area (Å²) >= 11 is 3.36. The molecule has 0 unspecified atom stereocenters. The van der Waals surface area contributed by atoms with Gasteiger partial charge in [0.05, 0.1) is 11.9 Å². The normalized spacial score (nSPS) is 10.8.